The number of nitrogens with one attached hydrogen (secondary N) is 2. The number of benzene rings is 2. The van der Waals surface area contributed by atoms with Gasteiger partial charge in [0.15, 0.2) is 22.1 Å². The first-order valence-corrected chi connectivity index (χ1v) is 13.3. The molecule has 38 heavy (non-hydrogen) atoms. The zero-order chi connectivity index (χ0) is 26.1. The van der Waals surface area contributed by atoms with Gasteiger partial charge in [-0.3, -0.25) is 9.79 Å². The van der Waals surface area contributed by atoms with Crippen LogP contribution < -0.4 is 25.0 Å². The van der Waals surface area contributed by atoms with Gasteiger partial charge in [0, 0.05) is 36.7 Å². The van der Waals surface area contributed by atoms with E-state index in [9.17, 15) is 4.79 Å². The Balaban J connectivity index is 1.22. The molecule has 2 aromatic carbocycles. The molecule has 2 aromatic heterocycles. The van der Waals surface area contributed by atoms with Crippen molar-refractivity contribution in [3.63, 3.8) is 0 Å². The Morgan fingerprint density at radius 2 is 1.95 bits per heavy atom. The maximum atomic E-state index is 13.2. The Kier molecular flexibility index (Phi) is 6.50. The van der Waals surface area contributed by atoms with Crippen molar-refractivity contribution >= 4 is 56.9 Å². The first kappa shape index (κ1) is 24.1. The monoisotopic (exact) mass is 529 g/mol. The first-order chi connectivity index (χ1) is 18.6. The highest BCUT2D eigenvalue weighted by Crippen LogP contribution is 2.34. The van der Waals surface area contributed by atoms with E-state index in [0.29, 0.717) is 41.9 Å². The molecule has 0 saturated carbocycles. The molecule has 6 rings (SSSR count). The lowest BCUT2D eigenvalue weighted by Crippen LogP contribution is -2.41. The summed E-state index contributed by atoms with van der Waals surface area (Å²) >= 11 is 1.46. The predicted molar refractivity (Wildman–Crippen MR) is 149 cm³/mol. The van der Waals surface area contributed by atoms with Gasteiger partial charge in [-0.2, -0.15) is 9.97 Å². The minimum atomic E-state index is -0.173. The van der Waals surface area contributed by atoms with Crippen molar-refractivity contribution in [1.82, 2.24) is 15.0 Å². The molecule has 11 heteroatoms. The number of methoxy groups -OCH3 is 2. The van der Waals surface area contributed by atoms with E-state index in [0.717, 1.165) is 41.2 Å². The fourth-order valence-corrected chi connectivity index (χ4v) is 5.48. The molecule has 0 spiro atoms. The average molecular weight is 530 g/mol. The maximum absolute atomic E-state index is 13.2. The van der Waals surface area contributed by atoms with Crippen molar-refractivity contribution in [1.29, 1.82) is 0 Å². The number of aromatic nitrogens is 3. The van der Waals surface area contributed by atoms with Crippen molar-refractivity contribution in [2.24, 2.45) is 10.9 Å². The van der Waals surface area contributed by atoms with Crippen LogP contribution in [0.1, 0.15) is 24.0 Å². The van der Waals surface area contributed by atoms with Crippen LogP contribution in [0.15, 0.2) is 46.9 Å². The van der Waals surface area contributed by atoms with E-state index >= 15 is 0 Å². The zero-order valence-electron chi connectivity index (χ0n) is 21.1. The first-order valence-electron chi connectivity index (χ1n) is 12.4. The van der Waals surface area contributed by atoms with Crippen LogP contribution in [0.3, 0.4) is 0 Å². The summed E-state index contributed by atoms with van der Waals surface area (Å²) in [5, 5.41) is 6.46. The average Bonchev–Trinajstić information content (AvgIpc) is 3.62. The molecule has 0 radical (unpaired) electrons. The summed E-state index contributed by atoms with van der Waals surface area (Å²) < 4.78 is 10.8. The third-order valence-electron chi connectivity index (χ3n) is 6.81. The molecule has 1 amide bonds. The molecule has 194 valence electrons. The topological polar surface area (TPSA) is 114 Å². The standard InChI is InChI=1S/C27H27N7O3S/c1-36-21-8-7-20(11-22(21)37-2)30-24-23-26(38-15-29-23)33-27(32-24)34-9-3-4-17(14-34)25(35)31-19-6-5-16-12-28-13-18(16)10-19/h5-8,10-11,13,15,17H,3-4,9,12,14H2,1-2H3,(H,31,35)(H,30,32,33). The second-order valence-electron chi connectivity index (χ2n) is 9.23. The Morgan fingerprint density at radius 3 is 2.82 bits per heavy atom. The van der Waals surface area contributed by atoms with Gasteiger partial charge < -0.3 is 25.0 Å². The molecular formula is C27H27N7O3S. The lowest BCUT2D eigenvalue weighted by atomic mass is 9.97. The predicted octanol–water partition coefficient (Wildman–Crippen LogP) is 4.63. The smallest absolute Gasteiger partial charge is 0.229 e. The van der Waals surface area contributed by atoms with Gasteiger partial charge in [-0.1, -0.05) is 6.07 Å². The number of aliphatic imine (C=N–C) groups is 1. The second-order valence-corrected chi connectivity index (χ2v) is 10.1. The molecule has 0 aliphatic carbocycles. The number of amides is 1. The largest absolute Gasteiger partial charge is 0.493 e. The fourth-order valence-electron chi connectivity index (χ4n) is 4.83. The number of nitrogens with zero attached hydrogens (tertiary/aromatic N) is 5. The van der Waals surface area contributed by atoms with Crippen molar-refractivity contribution in [2.45, 2.75) is 19.4 Å². The normalized spacial score (nSPS) is 16.4. The van der Waals surface area contributed by atoms with Crippen molar-refractivity contribution < 1.29 is 14.3 Å². The number of hydrogen-bond donors (Lipinski definition) is 2. The number of ether oxygens (including phenoxy) is 2. The minimum absolute atomic E-state index is 0.00660. The SMILES string of the molecule is COc1ccc(Nc2nc(N3CCCC(C(=O)Nc4ccc5c(c4)C=NC5)C3)nc3scnc23)cc1OC. The molecule has 0 bridgehead atoms. The molecule has 1 unspecified atom stereocenters. The van der Waals surface area contributed by atoms with Crippen LogP contribution in [-0.2, 0) is 11.3 Å². The Labute approximate surface area is 223 Å². The van der Waals surface area contributed by atoms with Gasteiger partial charge in [-0.25, -0.2) is 4.98 Å². The van der Waals surface area contributed by atoms with Crippen molar-refractivity contribution in [2.75, 3.05) is 42.8 Å². The van der Waals surface area contributed by atoms with Crippen LogP contribution in [0.5, 0.6) is 11.5 Å². The van der Waals surface area contributed by atoms with Crippen LogP contribution >= 0.6 is 11.3 Å². The van der Waals surface area contributed by atoms with E-state index in [2.05, 4.69) is 25.5 Å². The summed E-state index contributed by atoms with van der Waals surface area (Å²) in [6.07, 6.45) is 3.54. The maximum Gasteiger partial charge on any atom is 0.229 e. The van der Waals surface area contributed by atoms with Gasteiger partial charge in [0.25, 0.3) is 0 Å². The van der Waals surface area contributed by atoms with Gasteiger partial charge in [-0.05, 0) is 48.2 Å². The molecule has 2 aliphatic rings. The molecule has 2 N–H and O–H groups in total. The third kappa shape index (κ3) is 4.72. The lowest BCUT2D eigenvalue weighted by molar-refractivity contribution is -0.120. The summed E-state index contributed by atoms with van der Waals surface area (Å²) in [4.78, 5) is 34.4. The van der Waals surface area contributed by atoms with E-state index < -0.39 is 0 Å². The molecule has 10 nitrogen and oxygen atoms in total. The van der Waals surface area contributed by atoms with Crippen molar-refractivity contribution in [3.05, 3.63) is 53.0 Å². The number of carbonyl (C=O) groups excluding carboxylic acids is 1. The molecule has 2 aliphatic heterocycles. The Hall–Kier alpha value is -4.25. The van der Waals surface area contributed by atoms with Crippen molar-refractivity contribution in [3.8, 4) is 11.5 Å². The molecule has 4 heterocycles. The number of fused-ring (bicyclic) bond motifs is 2. The zero-order valence-corrected chi connectivity index (χ0v) is 21.9. The molecular weight excluding hydrogens is 502 g/mol. The van der Waals surface area contributed by atoms with E-state index in [1.807, 2.05) is 42.6 Å². The van der Waals surface area contributed by atoms with Gasteiger partial charge in [0.05, 0.1) is 32.2 Å². The quantitative estimate of drug-likeness (QED) is 0.356. The van der Waals surface area contributed by atoms with E-state index in [1.165, 1.54) is 16.9 Å². The van der Waals surface area contributed by atoms with Crippen LogP contribution in [0.25, 0.3) is 10.3 Å². The van der Waals surface area contributed by atoms with Crippen LogP contribution in [0.4, 0.5) is 23.1 Å². The second kappa shape index (κ2) is 10.3. The van der Waals surface area contributed by atoms with Gasteiger partial charge in [-0.15, -0.1) is 11.3 Å². The summed E-state index contributed by atoms with van der Waals surface area (Å²) in [6.45, 7) is 2.02. The van der Waals surface area contributed by atoms with Crippen LogP contribution in [0.2, 0.25) is 0 Å². The summed E-state index contributed by atoms with van der Waals surface area (Å²) in [5.41, 5.74) is 6.28. The van der Waals surface area contributed by atoms with E-state index in [4.69, 9.17) is 19.4 Å². The molecule has 1 saturated heterocycles. The van der Waals surface area contributed by atoms with Crippen LogP contribution in [0, 0.1) is 5.92 Å². The molecule has 1 atom stereocenters. The summed E-state index contributed by atoms with van der Waals surface area (Å²) in [6, 6.07) is 11.5. The number of rotatable bonds is 7. The number of thiazole rings is 1. The van der Waals surface area contributed by atoms with Gasteiger partial charge >= 0.3 is 0 Å². The highest BCUT2D eigenvalue weighted by atomic mass is 32.1. The van der Waals surface area contributed by atoms with E-state index in [-0.39, 0.29) is 11.8 Å². The molecule has 1 fully saturated rings. The Morgan fingerprint density at radius 1 is 1.08 bits per heavy atom. The minimum Gasteiger partial charge on any atom is -0.493 e. The fraction of sp³-hybridized carbons (Fsp3) is 0.296. The van der Waals surface area contributed by atoms with Gasteiger partial charge in [0.2, 0.25) is 11.9 Å². The van der Waals surface area contributed by atoms with Gasteiger partial charge in [0.1, 0.15) is 5.52 Å². The van der Waals surface area contributed by atoms with E-state index in [1.54, 1.807) is 19.7 Å². The third-order valence-corrected chi connectivity index (χ3v) is 7.53. The number of anilines is 4. The summed E-state index contributed by atoms with van der Waals surface area (Å²) in [5.74, 6) is 2.27. The lowest BCUT2D eigenvalue weighted by Gasteiger charge is -2.32. The number of carbonyl (C=O) groups is 1. The highest BCUT2D eigenvalue weighted by molar-refractivity contribution is 7.16. The van der Waals surface area contributed by atoms with Crippen LogP contribution in [-0.4, -0.2) is 54.4 Å². The highest BCUT2D eigenvalue weighted by Gasteiger charge is 2.28. The summed E-state index contributed by atoms with van der Waals surface area (Å²) in [7, 11) is 3.21. The Bertz CT molecular complexity index is 1540. The molecule has 4 aromatic rings. The number of hydrogen-bond acceptors (Lipinski definition) is 10. The number of piperidine rings is 1.